The molecule has 1 amide bonds. The molecule has 0 radical (unpaired) electrons. The first-order chi connectivity index (χ1) is 20.8. The average Bonchev–Trinajstić information content (AvgIpc) is 3.26. The minimum atomic E-state index is -0.724. The number of nitrogens with one attached hydrogen (secondary N) is 2. The van der Waals surface area contributed by atoms with E-state index in [4.69, 9.17) is 14.2 Å². The van der Waals surface area contributed by atoms with Crippen LogP contribution in [0.5, 0.6) is 0 Å². The normalized spacial score (nSPS) is 14.1. The predicted octanol–water partition coefficient (Wildman–Crippen LogP) is 6.17. The Morgan fingerprint density at radius 1 is 0.750 bits per heavy atom. The second kappa shape index (κ2) is 14.1. The van der Waals surface area contributed by atoms with Crippen molar-refractivity contribution in [2.75, 3.05) is 13.2 Å². The number of carbonyl (C=O) groups excluding carboxylic acids is 3. The van der Waals surface area contributed by atoms with Crippen LogP contribution in [0.1, 0.15) is 70.6 Å². The van der Waals surface area contributed by atoms with Gasteiger partial charge in [-0.25, -0.2) is 4.79 Å². The van der Waals surface area contributed by atoms with E-state index in [1.807, 2.05) is 75.4 Å². The number of amides is 1. The smallest absolute Gasteiger partial charge is 0.407 e. The van der Waals surface area contributed by atoms with Gasteiger partial charge in [0.2, 0.25) is 0 Å². The Balaban J connectivity index is 1.46. The summed E-state index contributed by atoms with van der Waals surface area (Å²) in [5.41, 5.74) is 4.07. The molecular formula is C36H44N2O6. The molecule has 0 fully saturated rings. The molecule has 44 heavy (non-hydrogen) atoms. The number of fused-ring (bicyclic) bond motifs is 3. The first-order valence-corrected chi connectivity index (χ1v) is 15.1. The predicted molar refractivity (Wildman–Crippen MR) is 170 cm³/mol. The van der Waals surface area contributed by atoms with Crippen LogP contribution in [0.15, 0.2) is 78.9 Å². The van der Waals surface area contributed by atoms with Crippen LogP contribution in [-0.4, -0.2) is 54.5 Å². The Kier molecular flexibility index (Phi) is 10.5. The van der Waals surface area contributed by atoms with Crippen molar-refractivity contribution in [2.45, 2.75) is 83.6 Å². The van der Waals surface area contributed by atoms with Gasteiger partial charge in [-0.15, -0.1) is 0 Å². The van der Waals surface area contributed by atoms with Gasteiger partial charge in [-0.2, -0.15) is 0 Å². The van der Waals surface area contributed by atoms with E-state index in [2.05, 4.69) is 34.9 Å². The summed E-state index contributed by atoms with van der Waals surface area (Å²) in [7, 11) is 0. The number of hydrogen-bond donors (Lipinski definition) is 2. The van der Waals surface area contributed by atoms with Gasteiger partial charge in [-0.3, -0.25) is 9.59 Å². The van der Waals surface area contributed by atoms with Crippen molar-refractivity contribution < 1.29 is 28.6 Å². The van der Waals surface area contributed by atoms with Crippen LogP contribution in [0.25, 0.3) is 11.1 Å². The third-order valence-corrected chi connectivity index (χ3v) is 7.09. The van der Waals surface area contributed by atoms with Gasteiger partial charge >= 0.3 is 18.0 Å². The Labute approximate surface area is 260 Å². The summed E-state index contributed by atoms with van der Waals surface area (Å²) in [6.45, 7) is 11.0. The van der Waals surface area contributed by atoms with Gasteiger partial charge in [0.25, 0.3) is 0 Å². The molecule has 0 aromatic heterocycles. The van der Waals surface area contributed by atoms with Gasteiger partial charge in [0, 0.05) is 12.5 Å². The molecule has 1 aliphatic rings. The number of hydrogen-bond acceptors (Lipinski definition) is 7. The number of esters is 2. The average molecular weight is 601 g/mol. The van der Waals surface area contributed by atoms with E-state index in [-0.39, 0.29) is 25.5 Å². The first kappa shape index (κ1) is 32.7. The molecule has 0 saturated carbocycles. The molecule has 3 aromatic carbocycles. The highest BCUT2D eigenvalue weighted by molar-refractivity contribution is 5.79. The fraction of sp³-hybridized carbons (Fsp3) is 0.417. The molecule has 234 valence electrons. The van der Waals surface area contributed by atoms with Gasteiger partial charge < -0.3 is 24.8 Å². The van der Waals surface area contributed by atoms with Crippen molar-refractivity contribution in [3.63, 3.8) is 0 Å². The van der Waals surface area contributed by atoms with E-state index in [1.165, 1.54) is 0 Å². The number of benzene rings is 3. The molecule has 3 aromatic rings. The minimum absolute atomic E-state index is 0.0795. The van der Waals surface area contributed by atoms with Crippen LogP contribution in [0.2, 0.25) is 0 Å². The first-order valence-electron chi connectivity index (χ1n) is 15.1. The summed E-state index contributed by atoms with van der Waals surface area (Å²) >= 11 is 0. The molecular weight excluding hydrogens is 556 g/mol. The maximum absolute atomic E-state index is 13.2. The lowest BCUT2D eigenvalue weighted by molar-refractivity contribution is -0.157. The van der Waals surface area contributed by atoms with E-state index in [1.54, 1.807) is 20.8 Å². The van der Waals surface area contributed by atoms with Crippen LogP contribution in [0.4, 0.5) is 4.79 Å². The van der Waals surface area contributed by atoms with Crippen molar-refractivity contribution in [3.8, 4) is 11.1 Å². The fourth-order valence-electron chi connectivity index (χ4n) is 5.27. The zero-order valence-electron chi connectivity index (χ0n) is 26.5. The molecule has 0 unspecified atom stereocenters. The molecule has 0 bridgehead atoms. The van der Waals surface area contributed by atoms with Crippen LogP contribution >= 0.6 is 0 Å². The number of alkyl carbamates (subject to hydrolysis) is 1. The summed E-state index contributed by atoms with van der Waals surface area (Å²) in [5.74, 6) is -0.964. The fourth-order valence-corrected chi connectivity index (χ4v) is 5.27. The van der Waals surface area contributed by atoms with E-state index < -0.39 is 41.3 Å². The molecule has 2 N–H and O–H groups in total. The second-order valence-electron chi connectivity index (χ2n) is 13.1. The Bertz CT molecular complexity index is 1400. The van der Waals surface area contributed by atoms with E-state index >= 15 is 0 Å². The zero-order valence-corrected chi connectivity index (χ0v) is 26.5. The molecule has 2 atom stereocenters. The molecule has 8 nitrogen and oxygen atoms in total. The Morgan fingerprint density at radius 3 is 1.86 bits per heavy atom. The van der Waals surface area contributed by atoms with E-state index in [9.17, 15) is 14.4 Å². The standard InChI is InChI=1S/C36H44N2O6/c1-35(2,3)43-33(40)31(20-24-14-8-7-9-15-24)37-22-25(38-34(41)44-36(4,5)6)21-32(39)42-23-30-28-18-12-10-16-26(28)27-17-11-13-19-29(27)30/h7-19,25,30-31,37H,20-23H2,1-6H3,(H,38,41)/t25-,31-/m0/s1. The topological polar surface area (TPSA) is 103 Å². The summed E-state index contributed by atoms with van der Waals surface area (Å²) in [5, 5.41) is 6.03. The third-order valence-electron chi connectivity index (χ3n) is 7.09. The molecule has 0 saturated heterocycles. The lowest BCUT2D eigenvalue weighted by Gasteiger charge is -2.27. The maximum atomic E-state index is 13.2. The van der Waals surface area contributed by atoms with Crippen molar-refractivity contribution in [1.29, 1.82) is 0 Å². The Hall–Kier alpha value is -4.17. The lowest BCUT2D eigenvalue weighted by Crippen LogP contribution is -2.50. The van der Waals surface area contributed by atoms with Crippen LogP contribution in [-0.2, 0) is 30.2 Å². The van der Waals surface area contributed by atoms with E-state index in [0.717, 1.165) is 27.8 Å². The highest BCUT2D eigenvalue weighted by Crippen LogP contribution is 2.44. The van der Waals surface area contributed by atoms with Crippen molar-refractivity contribution in [3.05, 3.63) is 95.6 Å². The van der Waals surface area contributed by atoms with Crippen molar-refractivity contribution in [2.24, 2.45) is 0 Å². The molecule has 0 aliphatic heterocycles. The second-order valence-corrected chi connectivity index (χ2v) is 13.1. The Morgan fingerprint density at radius 2 is 1.30 bits per heavy atom. The van der Waals surface area contributed by atoms with Gasteiger partial charge in [0.1, 0.15) is 23.9 Å². The third kappa shape index (κ3) is 9.41. The van der Waals surface area contributed by atoms with Gasteiger partial charge in [0.05, 0.1) is 12.5 Å². The monoisotopic (exact) mass is 600 g/mol. The summed E-state index contributed by atoms with van der Waals surface area (Å²) < 4.78 is 17.0. The molecule has 0 spiro atoms. The van der Waals surface area contributed by atoms with Gasteiger partial charge in [0.15, 0.2) is 0 Å². The molecule has 0 heterocycles. The molecule has 8 heteroatoms. The zero-order chi connectivity index (χ0) is 31.9. The van der Waals surface area contributed by atoms with Gasteiger partial charge in [-0.05, 0) is 75.8 Å². The maximum Gasteiger partial charge on any atom is 0.407 e. The summed E-state index contributed by atoms with van der Waals surface area (Å²) in [6, 6.07) is 24.5. The van der Waals surface area contributed by atoms with Crippen molar-refractivity contribution in [1.82, 2.24) is 10.6 Å². The summed E-state index contributed by atoms with van der Waals surface area (Å²) in [4.78, 5) is 39.1. The lowest BCUT2D eigenvalue weighted by atomic mass is 9.98. The van der Waals surface area contributed by atoms with Crippen LogP contribution in [0, 0.1) is 0 Å². The van der Waals surface area contributed by atoms with Crippen LogP contribution < -0.4 is 10.6 Å². The quantitative estimate of drug-likeness (QED) is 0.201. The van der Waals surface area contributed by atoms with Crippen LogP contribution in [0.3, 0.4) is 0 Å². The SMILES string of the molecule is CC(C)(C)OC(=O)N[C@H](CN[C@@H](Cc1ccccc1)C(=O)OC(C)(C)C)CC(=O)OCC1c2ccccc2-c2ccccc21. The molecule has 1 aliphatic carbocycles. The highest BCUT2D eigenvalue weighted by atomic mass is 16.6. The largest absolute Gasteiger partial charge is 0.465 e. The number of ether oxygens (including phenoxy) is 3. The number of rotatable bonds is 11. The number of carbonyl (C=O) groups is 3. The van der Waals surface area contributed by atoms with Crippen molar-refractivity contribution >= 4 is 18.0 Å². The summed E-state index contributed by atoms with van der Waals surface area (Å²) in [6.07, 6.45) is -0.401. The highest BCUT2D eigenvalue weighted by Gasteiger charge is 2.31. The van der Waals surface area contributed by atoms with E-state index in [0.29, 0.717) is 6.42 Å². The van der Waals surface area contributed by atoms with Gasteiger partial charge in [-0.1, -0.05) is 78.9 Å². The minimum Gasteiger partial charge on any atom is -0.465 e. The molecule has 4 rings (SSSR count).